The molecule has 0 N–H and O–H groups in total. The fourth-order valence-corrected chi connectivity index (χ4v) is 2.43. The third kappa shape index (κ3) is 3.75. The summed E-state index contributed by atoms with van der Waals surface area (Å²) >= 11 is 9.41. The maximum atomic E-state index is 11.8. The van der Waals surface area contributed by atoms with Gasteiger partial charge in [0.15, 0.2) is 0 Å². The number of fused-ring (bicyclic) bond motifs is 1. The number of nitrogens with zero attached hydrogens (tertiary/aromatic N) is 2. The van der Waals surface area contributed by atoms with Gasteiger partial charge in [0.1, 0.15) is 5.15 Å². The van der Waals surface area contributed by atoms with Crippen LogP contribution in [0.4, 0.5) is 0 Å². The molecule has 0 amide bonds. The van der Waals surface area contributed by atoms with Crippen LogP contribution in [0.15, 0.2) is 64.2 Å². The molecular formula is C17H10BrClN2O2. The van der Waals surface area contributed by atoms with Crippen LogP contribution >= 0.6 is 27.5 Å². The van der Waals surface area contributed by atoms with Gasteiger partial charge in [0.2, 0.25) is 0 Å². The van der Waals surface area contributed by atoms with Gasteiger partial charge in [-0.05, 0) is 36.4 Å². The Bertz CT molecular complexity index is 895. The van der Waals surface area contributed by atoms with Crippen LogP contribution in [0.3, 0.4) is 0 Å². The van der Waals surface area contributed by atoms with E-state index in [9.17, 15) is 4.79 Å². The zero-order valence-electron chi connectivity index (χ0n) is 11.7. The Hall–Kier alpha value is -2.24. The van der Waals surface area contributed by atoms with E-state index in [-0.39, 0.29) is 0 Å². The van der Waals surface area contributed by atoms with Crippen molar-refractivity contribution in [1.82, 2.24) is 4.98 Å². The molecule has 0 saturated heterocycles. The summed E-state index contributed by atoms with van der Waals surface area (Å²) < 4.78 is 0.881. The lowest BCUT2D eigenvalue weighted by Gasteiger charge is -2.01. The predicted molar refractivity (Wildman–Crippen MR) is 93.9 cm³/mol. The van der Waals surface area contributed by atoms with Gasteiger partial charge in [0, 0.05) is 15.4 Å². The first-order valence-electron chi connectivity index (χ1n) is 6.69. The highest BCUT2D eigenvalue weighted by molar-refractivity contribution is 9.10. The van der Waals surface area contributed by atoms with E-state index in [0.717, 1.165) is 15.4 Å². The molecule has 114 valence electrons. The van der Waals surface area contributed by atoms with Crippen molar-refractivity contribution >= 4 is 50.6 Å². The number of carbonyl (C=O) groups excluding carboxylic acids is 1. The van der Waals surface area contributed by atoms with Crippen molar-refractivity contribution in [3.8, 4) is 0 Å². The van der Waals surface area contributed by atoms with Crippen LogP contribution in [0.2, 0.25) is 5.15 Å². The van der Waals surface area contributed by atoms with E-state index in [0.29, 0.717) is 16.3 Å². The monoisotopic (exact) mass is 388 g/mol. The molecule has 1 aromatic heterocycles. The molecule has 3 aromatic rings. The number of para-hydroxylation sites is 1. The zero-order valence-corrected chi connectivity index (χ0v) is 14.1. The molecule has 0 saturated carbocycles. The number of aromatic nitrogens is 1. The van der Waals surface area contributed by atoms with E-state index in [1.165, 1.54) is 6.21 Å². The first-order chi connectivity index (χ1) is 11.1. The molecule has 23 heavy (non-hydrogen) atoms. The van der Waals surface area contributed by atoms with Gasteiger partial charge in [0.05, 0.1) is 17.3 Å². The maximum absolute atomic E-state index is 11.8. The Morgan fingerprint density at radius 2 is 1.91 bits per heavy atom. The van der Waals surface area contributed by atoms with Gasteiger partial charge in [-0.25, -0.2) is 9.78 Å². The van der Waals surface area contributed by atoms with Gasteiger partial charge in [-0.1, -0.05) is 50.9 Å². The summed E-state index contributed by atoms with van der Waals surface area (Å²) in [7, 11) is 0. The Morgan fingerprint density at radius 1 is 1.17 bits per heavy atom. The van der Waals surface area contributed by atoms with Crippen molar-refractivity contribution in [3.05, 3.63) is 75.4 Å². The molecule has 0 aliphatic carbocycles. The second kappa shape index (κ2) is 6.89. The van der Waals surface area contributed by atoms with Crippen LogP contribution in [0.5, 0.6) is 0 Å². The van der Waals surface area contributed by atoms with Gasteiger partial charge in [0.25, 0.3) is 0 Å². The molecule has 0 bridgehead atoms. The van der Waals surface area contributed by atoms with Crippen LogP contribution < -0.4 is 0 Å². The maximum Gasteiger partial charge on any atom is 0.365 e. The fourth-order valence-electron chi connectivity index (χ4n) is 1.97. The molecule has 0 aliphatic heterocycles. The minimum Gasteiger partial charge on any atom is -0.313 e. The summed E-state index contributed by atoms with van der Waals surface area (Å²) in [6.07, 6.45) is 1.37. The average Bonchev–Trinajstić information content (AvgIpc) is 2.56. The molecule has 6 heteroatoms. The van der Waals surface area contributed by atoms with Crippen molar-refractivity contribution in [2.75, 3.05) is 0 Å². The third-order valence-electron chi connectivity index (χ3n) is 3.11. The Balaban J connectivity index is 1.76. The van der Waals surface area contributed by atoms with Gasteiger partial charge >= 0.3 is 5.97 Å². The lowest BCUT2D eigenvalue weighted by molar-refractivity contribution is 0.0519. The van der Waals surface area contributed by atoms with E-state index in [4.69, 9.17) is 16.4 Å². The molecular weight excluding hydrogens is 380 g/mol. The summed E-state index contributed by atoms with van der Waals surface area (Å²) in [4.78, 5) is 21.0. The first-order valence-corrected chi connectivity index (χ1v) is 7.86. The SMILES string of the molecule is O=C(O/N=C/c1cc2ccccc2nc1Cl)c1ccc(Br)cc1. The molecule has 0 spiro atoms. The summed E-state index contributed by atoms with van der Waals surface area (Å²) in [5.74, 6) is -0.543. The van der Waals surface area contributed by atoms with Crippen LogP contribution in [-0.4, -0.2) is 17.2 Å². The highest BCUT2D eigenvalue weighted by atomic mass is 79.9. The van der Waals surface area contributed by atoms with Crippen LogP contribution in [0.25, 0.3) is 10.9 Å². The van der Waals surface area contributed by atoms with E-state index in [1.807, 2.05) is 30.3 Å². The zero-order chi connectivity index (χ0) is 16.2. The number of oxime groups is 1. The molecule has 1 heterocycles. The number of hydrogen-bond donors (Lipinski definition) is 0. The van der Waals surface area contributed by atoms with Crippen molar-refractivity contribution < 1.29 is 9.63 Å². The number of pyridine rings is 1. The Kier molecular flexibility index (Phi) is 4.69. The normalized spacial score (nSPS) is 11.0. The average molecular weight is 390 g/mol. The van der Waals surface area contributed by atoms with E-state index in [2.05, 4.69) is 26.1 Å². The fraction of sp³-hybridized carbons (Fsp3) is 0. The van der Waals surface area contributed by atoms with Crippen LogP contribution in [0, 0.1) is 0 Å². The van der Waals surface area contributed by atoms with Gasteiger partial charge in [-0.15, -0.1) is 0 Å². The number of rotatable bonds is 3. The van der Waals surface area contributed by atoms with Crippen LogP contribution in [-0.2, 0) is 4.84 Å². The predicted octanol–water partition coefficient (Wildman–Crippen LogP) is 4.84. The van der Waals surface area contributed by atoms with Crippen molar-refractivity contribution in [3.63, 3.8) is 0 Å². The molecule has 0 atom stereocenters. The number of halogens is 2. The van der Waals surface area contributed by atoms with Gasteiger partial charge in [-0.2, -0.15) is 0 Å². The molecule has 0 radical (unpaired) electrons. The Labute approximate surface area is 145 Å². The second-order valence-corrected chi connectivity index (χ2v) is 5.95. The van der Waals surface area contributed by atoms with Crippen molar-refractivity contribution in [1.29, 1.82) is 0 Å². The molecule has 3 rings (SSSR count). The lowest BCUT2D eigenvalue weighted by Crippen LogP contribution is -2.01. The molecule has 0 aliphatic rings. The number of hydrogen-bond acceptors (Lipinski definition) is 4. The summed E-state index contributed by atoms with van der Waals surface area (Å²) in [5.41, 5.74) is 1.78. The topological polar surface area (TPSA) is 51.5 Å². The van der Waals surface area contributed by atoms with Gasteiger partial charge < -0.3 is 4.84 Å². The van der Waals surface area contributed by atoms with Gasteiger partial charge in [-0.3, -0.25) is 0 Å². The minimum atomic E-state index is -0.543. The summed E-state index contributed by atoms with van der Waals surface area (Å²) in [5, 5.41) is 4.92. The summed E-state index contributed by atoms with van der Waals surface area (Å²) in [6.45, 7) is 0. The van der Waals surface area contributed by atoms with Crippen molar-refractivity contribution in [2.24, 2.45) is 5.16 Å². The minimum absolute atomic E-state index is 0.298. The lowest BCUT2D eigenvalue weighted by atomic mass is 10.2. The number of carbonyl (C=O) groups is 1. The quantitative estimate of drug-likeness (QED) is 0.279. The molecule has 4 nitrogen and oxygen atoms in total. The van der Waals surface area contributed by atoms with Crippen molar-refractivity contribution in [2.45, 2.75) is 0 Å². The molecule has 0 fully saturated rings. The van der Waals surface area contributed by atoms with E-state index >= 15 is 0 Å². The van der Waals surface area contributed by atoms with E-state index < -0.39 is 5.97 Å². The first kappa shape index (κ1) is 15.6. The van der Waals surface area contributed by atoms with E-state index in [1.54, 1.807) is 24.3 Å². The Morgan fingerprint density at radius 3 is 2.70 bits per heavy atom. The smallest absolute Gasteiger partial charge is 0.313 e. The van der Waals surface area contributed by atoms with Crippen LogP contribution in [0.1, 0.15) is 15.9 Å². The summed E-state index contributed by atoms with van der Waals surface area (Å²) in [6, 6.07) is 16.2. The molecule has 2 aromatic carbocycles. The highest BCUT2D eigenvalue weighted by Crippen LogP contribution is 2.19. The standard InChI is InChI=1S/C17H10BrClN2O2/c18-14-7-5-11(6-8-14)17(22)23-20-10-13-9-12-3-1-2-4-15(12)21-16(13)19/h1-10H/b20-10+. The number of benzene rings is 2. The third-order valence-corrected chi connectivity index (χ3v) is 3.94. The molecule has 0 unspecified atom stereocenters. The second-order valence-electron chi connectivity index (χ2n) is 4.68. The highest BCUT2D eigenvalue weighted by Gasteiger charge is 2.07. The largest absolute Gasteiger partial charge is 0.365 e.